The zero-order valence-electron chi connectivity index (χ0n) is 11.2. The van der Waals surface area contributed by atoms with Gasteiger partial charge in [-0.2, -0.15) is 0 Å². The van der Waals surface area contributed by atoms with E-state index in [1.54, 1.807) is 12.2 Å². The molecule has 0 unspecified atom stereocenters. The minimum Gasteiger partial charge on any atom is -0.550 e. The Bertz CT molecular complexity index is 736. The summed E-state index contributed by atoms with van der Waals surface area (Å²) in [6, 6.07) is 4.03. The molecule has 0 aromatic heterocycles. The maximum atomic E-state index is 13.6. The number of hydrogen-bond donors (Lipinski definition) is 0. The minimum absolute atomic E-state index is 0.0431. The minimum atomic E-state index is -1.31. The predicted molar refractivity (Wildman–Crippen MR) is 72.5 cm³/mol. The van der Waals surface area contributed by atoms with Gasteiger partial charge in [0.1, 0.15) is 11.4 Å². The van der Waals surface area contributed by atoms with E-state index in [1.165, 1.54) is 17.0 Å². The number of ether oxygens (including phenoxy) is 1. The lowest BCUT2D eigenvalue weighted by molar-refractivity contribution is -0.313. The number of fused-ring (bicyclic) bond motifs is 1. The number of benzene rings is 1. The fourth-order valence-electron chi connectivity index (χ4n) is 3.64. The number of carbonyl (C=O) groups is 2. The molecule has 1 amide bonds. The largest absolute Gasteiger partial charge is 0.550 e. The Kier molecular flexibility index (Phi) is 2.68. The van der Waals surface area contributed by atoms with E-state index in [9.17, 15) is 19.1 Å². The molecule has 0 N–H and O–H groups in total. The van der Waals surface area contributed by atoms with Gasteiger partial charge in [-0.15, -0.1) is 0 Å². The lowest BCUT2D eigenvalue weighted by atomic mass is 9.77. The van der Waals surface area contributed by atoms with Crippen LogP contribution in [0.3, 0.4) is 0 Å². The molecule has 0 aliphatic carbocycles. The van der Waals surface area contributed by atoms with Gasteiger partial charge in [-0.05, 0) is 18.2 Å². The Morgan fingerprint density at radius 3 is 2.95 bits per heavy atom. The molecule has 0 saturated carbocycles. The van der Waals surface area contributed by atoms with E-state index in [0.29, 0.717) is 5.69 Å². The standard InChI is InChI=1S/C15H11ClFNO4/c16-8-2-1-7(5-9(8)17)18-6-15-4-3-10(22-15)11(14(20)21)12(15)13(18)19/h1-5,10-12H,6H2,(H,20,21)/p-1/t10-,11+,12-,15+/m1/s1. The van der Waals surface area contributed by atoms with Crippen LogP contribution in [0.15, 0.2) is 30.4 Å². The van der Waals surface area contributed by atoms with Crippen LogP contribution in [0.4, 0.5) is 10.1 Å². The predicted octanol–water partition coefficient (Wildman–Crippen LogP) is 0.515. The van der Waals surface area contributed by atoms with Crippen LogP contribution in [0.1, 0.15) is 0 Å². The highest BCUT2D eigenvalue weighted by Gasteiger charge is 2.65. The monoisotopic (exact) mass is 322 g/mol. The van der Waals surface area contributed by atoms with E-state index in [2.05, 4.69) is 0 Å². The van der Waals surface area contributed by atoms with Gasteiger partial charge in [0.25, 0.3) is 0 Å². The lowest BCUT2D eigenvalue weighted by Gasteiger charge is -2.24. The maximum Gasteiger partial charge on any atom is 0.234 e. The van der Waals surface area contributed by atoms with Crippen molar-refractivity contribution in [2.24, 2.45) is 11.8 Å². The second-order valence-electron chi connectivity index (χ2n) is 5.74. The van der Waals surface area contributed by atoms with Crippen LogP contribution in [0.2, 0.25) is 5.02 Å². The zero-order chi connectivity index (χ0) is 15.6. The summed E-state index contributed by atoms with van der Waals surface area (Å²) in [5.74, 6) is -4.20. The van der Waals surface area contributed by atoms with E-state index in [-0.39, 0.29) is 11.6 Å². The summed E-state index contributed by atoms with van der Waals surface area (Å²) in [5.41, 5.74) is -0.643. The van der Waals surface area contributed by atoms with E-state index < -0.39 is 41.2 Å². The Morgan fingerprint density at radius 2 is 2.27 bits per heavy atom. The summed E-state index contributed by atoms with van der Waals surface area (Å²) in [4.78, 5) is 25.3. The fourth-order valence-corrected chi connectivity index (χ4v) is 3.76. The molecule has 2 bridgehead atoms. The molecule has 0 radical (unpaired) electrons. The van der Waals surface area contributed by atoms with Crippen LogP contribution >= 0.6 is 11.6 Å². The molecule has 1 spiro atoms. The van der Waals surface area contributed by atoms with Crippen molar-refractivity contribution in [1.82, 2.24) is 0 Å². The van der Waals surface area contributed by atoms with Crippen molar-refractivity contribution in [1.29, 1.82) is 0 Å². The number of anilines is 1. The van der Waals surface area contributed by atoms with E-state index in [4.69, 9.17) is 16.3 Å². The number of carbonyl (C=O) groups excluding carboxylic acids is 2. The Morgan fingerprint density at radius 1 is 1.50 bits per heavy atom. The smallest absolute Gasteiger partial charge is 0.234 e. The van der Waals surface area contributed by atoms with Crippen molar-refractivity contribution in [3.05, 3.63) is 41.2 Å². The van der Waals surface area contributed by atoms with Gasteiger partial charge in [-0.3, -0.25) is 4.79 Å². The van der Waals surface area contributed by atoms with Gasteiger partial charge in [0.05, 0.1) is 23.6 Å². The average molecular weight is 323 g/mol. The summed E-state index contributed by atoms with van der Waals surface area (Å²) in [6.07, 6.45) is 2.74. The van der Waals surface area contributed by atoms with Crippen LogP contribution in [0.5, 0.6) is 0 Å². The Hall–Kier alpha value is -1.92. The molecule has 7 heteroatoms. The Balaban J connectivity index is 1.74. The first kappa shape index (κ1) is 13.7. The average Bonchev–Trinajstić information content (AvgIpc) is 3.10. The molecule has 3 heterocycles. The first-order valence-corrected chi connectivity index (χ1v) is 7.15. The number of hydrogen-bond acceptors (Lipinski definition) is 4. The first-order chi connectivity index (χ1) is 10.4. The number of carboxylic acid groups (broad SMARTS) is 1. The number of nitrogens with zero attached hydrogens (tertiary/aromatic N) is 1. The number of carboxylic acids is 1. The molecule has 2 fully saturated rings. The molecular weight excluding hydrogens is 313 g/mol. The van der Waals surface area contributed by atoms with Gasteiger partial charge in [0.2, 0.25) is 5.91 Å². The number of rotatable bonds is 2. The molecule has 114 valence electrons. The van der Waals surface area contributed by atoms with Gasteiger partial charge < -0.3 is 19.5 Å². The zero-order valence-corrected chi connectivity index (χ0v) is 11.9. The van der Waals surface area contributed by atoms with Crippen LogP contribution in [0, 0.1) is 17.7 Å². The van der Waals surface area contributed by atoms with Gasteiger partial charge in [-0.25, -0.2) is 4.39 Å². The van der Waals surface area contributed by atoms with E-state index in [0.717, 1.165) is 6.07 Å². The third kappa shape index (κ3) is 1.62. The highest BCUT2D eigenvalue weighted by atomic mass is 35.5. The molecule has 2 saturated heterocycles. The highest BCUT2D eigenvalue weighted by Crippen LogP contribution is 2.52. The molecule has 4 rings (SSSR count). The highest BCUT2D eigenvalue weighted by molar-refractivity contribution is 6.30. The summed E-state index contributed by atoms with van der Waals surface area (Å²) < 4.78 is 19.3. The van der Waals surface area contributed by atoms with Gasteiger partial charge >= 0.3 is 0 Å². The Labute approximate surface area is 129 Å². The topological polar surface area (TPSA) is 69.7 Å². The molecule has 3 aliphatic rings. The molecule has 1 aromatic carbocycles. The SMILES string of the molecule is O=C([O-])[C@H]1[C@H]2C=C[C@@]3(CN(c4ccc(Cl)c(F)c4)C(=O)[C@@H]13)O2. The van der Waals surface area contributed by atoms with Gasteiger partial charge in [0.15, 0.2) is 0 Å². The summed E-state index contributed by atoms with van der Waals surface area (Å²) in [5, 5.41) is 11.3. The fraction of sp³-hybridized carbons (Fsp3) is 0.333. The number of halogens is 2. The lowest BCUT2D eigenvalue weighted by Crippen LogP contribution is -2.45. The summed E-state index contributed by atoms with van der Waals surface area (Å²) in [6.45, 7) is 0.147. The second-order valence-corrected chi connectivity index (χ2v) is 6.15. The number of aliphatic carboxylic acids is 1. The molecule has 1 aromatic rings. The first-order valence-electron chi connectivity index (χ1n) is 6.77. The number of amides is 1. The van der Waals surface area contributed by atoms with E-state index in [1.807, 2.05) is 0 Å². The summed E-state index contributed by atoms with van der Waals surface area (Å²) >= 11 is 5.65. The molecule has 3 aliphatic heterocycles. The molecule has 4 atom stereocenters. The van der Waals surface area contributed by atoms with Crippen molar-refractivity contribution in [2.75, 3.05) is 11.4 Å². The normalized spacial score (nSPS) is 35.3. The van der Waals surface area contributed by atoms with Crippen molar-refractivity contribution in [2.45, 2.75) is 11.7 Å². The maximum absolute atomic E-state index is 13.6. The van der Waals surface area contributed by atoms with Crippen LogP contribution in [-0.2, 0) is 14.3 Å². The second kappa shape index (κ2) is 4.30. The van der Waals surface area contributed by atoms with Crippen molar-refractivity contribution < 1.29 is 23.8 Å². The molecule has 5 nitrogen and oxygen atoms in total. The van der Waals surface area contributed by atoms with Crippen LogP contribution in [0.25, 0.3) is 0 Å². The van der Waals surface area contributed by atoms with Crippen molar-refractivity contribution >= 4 is 29.2 Å². The van der Waals surface area contributed by atoms with E-state index >= 15 is 0 Å². The molecular formula is C15H10ClFNO4-. The quantitative estimate of drug-likeness (QED) is 0.744. The third-order valence-electron chi connectivity index (χ3n) is 4.59. The summed E-state index contributed by atoms with van der Waals surface area (Å²) in [7, 11) is 0. The van der Waals surface area contributed by atoms with Crippen molar-refractivity contribution in [3.8, 4) is 0 Å². The van der Waals surface area contributed by atoms with Gasteiger partial charge in [-0.1, -0.05) is 23.8 Å². The molecule has 22 heavy (non-hydrogen) atoms. The van der Waals surface area contributed by atoms with Crippen molar-refractivity contribution in [3.63, 3.8) is 0 Å². The van der Waals surface area contributed by atoms with Crippen LogP contribution in [-0.4, -0.2) is 30.1 Å². The van der Waals surface area contributed by atoms with Gasteiger partial charge in [0, 0.05) is 17.6 Å². The van der Waals surface area contributed by atoms with Crippen LogP contribution < -0.4 is 10.0 Å². The third-order valence-corrected chi connectivity index (χ3v) is 4.89.